The monoisotopic (exact) mass is 248 g/mol. The first-order valence-corrected chi connectivity index (χ1v) is 1.81. The van der Waals surface area contributed by atoms with Gasteiger partial charge in [0, 0.05) is 19.4 Å². The molecule has 0 bridgehead atoms. The molecule has 0 unspecified atom stereocenters. The van der Waals surface area contributed by atoms with Gasteiger partial charge in [0.15, 0.2) is 0 Å². The quantitative estimate of drug-likeness (QED) is 0.331. The van der Waals surface area contributed by atoms with Crippen LogP contribution in [0.15, 0.2) is 18.7 Å². The molecule has 0 fully saturated rings. The summed E-state index contributed by atoms with van der Waals surface area (Å²) in [7, 11) is 1.94. The van der Waals surface area contributed by atoms with Crippen molar-refractivity contribution in [3.8, 4) is 0 Å². The minimum absolute atomic E-state index is 0. The van der Waals surface area contributed by atoms with Crippen molar-refractivity contribution >= 4 is 0 Å². The smallest absolute Gasteiger partial charge is 1.00 e. The average molecular weight is 248 g/mol. The third-order valence-corrected chi connectivity index (χ3v) is 0.637. The molecule has 0 aliphatic carbocycles. The van der Waals surface area contributed by atoms with E-state index >= 15 is 0 Å². The van der Waals surface area contributed by atoms with Crippen molar-refractivity contribution in [2.45, 2.75) is 0 Å². The molecular weight excluding hydrogens is 242 g/mol. The summed E-state index contributed by atoms with van der Waals surface area (Å²) in [6.45, 7) is 0. The number of aryl methyl sites for hydroxylation is 1. The minimum Gasteiger partial charge on any atom is -1.00 e. The van der Waals surface area contributed by atoms with Gasteiger partial charge in [0.2, 0.25) is 0 Å². The molecule has 0 aliphatic rings. The van der Waals surface area contributed by atoms with Gasteiger partial charge in [0.1, 0.15) is 0 Å². The molecule has 0 atom stereocenters. The van der Waals surface area contributed by atoms with Crippen LogP contribution in [0, 0.1) is 0 Å². The second-order valence-electron chi connectivity index (χ2n) is 1.23. The van der Waals surface area contributed by atoms with E-state index in [0.717, 1.165) is 0 Å². The van der Waals surface area contributed by atoms with Crippen molar-refractivity contribution in [3.05, 3.63) is 18.7 Å². The first-order chi connectivity index (χ1) is 2.89. The van der Waals surface area contributed by atoms with Gasteiger partial charge in [-0.15, -0.1) is 0 Å². The number of rotatable bonds is 0. The Hall–Kier alpha value is 1.58. The minimum atomic E-state index is 0. The van der Waals surface area contributed by atoms with E-state index < -0.39 is 0 Å². The number of hydrogen-bond donors (Lipinski definition) is 0. The second kappa shape index (κ2) is 6.69. The molecule has 1 aromatic heterocycles. The molecule has 0 radical (unpaired) electrons. The van der Waals surface area contributed by atoms with Crippen molar-refractivity contribution in [3.63, 3.8) is 0 Å². The van der Waals surface area contributed by atoms with Gasteiger partial charge >= 0.3 is 51.4 Å². The van der Waals surface area contributed by atoms with Crippen LogP contribution in [0.1, 0.15) is 0 Å². The first-order valence-electron chi connectivity index (χ1n) is 1.81. The molecule has 40 valence electrons. The van der Waals surface area contributed by atoms with E-state index in [2.05, 4.69) is 4.98 Å². The predicted molar refractivity (Wildman–Crippen MR) is 23.2 cm³/mol. The van der Waals surface area contributed by atoms with E-state index in [1.165, 1.54) is 0 Å². The van der Waals surface area contributed by atoms with Gasteiger partial charge in [-0.25, -0.2) is 4.98 Å². The summed E-state index contributed by atoms with van der Waals surface area (Å²) in [5, 5.41) is 0. The molecule has 4 heteroatoms. The molecule has 0 aromatic carbocycles. The van der Waals surface area contributed by atoms with Crippen LogP contribution in [0.3, 0.4) is 0 Å². The maximum absolute atomic E-state index is 3.78. The maximum Gasteiger partial charge on any atom is 1.00 e. The Morgan fingerprint density at radius 1 is 1.50 bits per heavy atom. The van der Waals surface area contributed by atoms with Crippen LogP contribution in [-0.4, -0.2) is 9.55 Å². The molecule has 8 heavy (non-hydrogen) atoms. The van der Waals surface area contributed by atoms with Crippen LogP contribution in [0.25, 0.3) is 0 Å². The van der Waals surface area contributed by atoms with Gasteiger partial charge in [-0.3, -0.25) is 0 Å². The summed E-state index contributed by atoms with van der Waals surface area (Å²) in [5.41, 5.74) is 0. The van der Waals surface area contributed by atoms with Crippen LogP contribution < -0.4 is 75.4 Å². The van der Waals surface area contributed by atoms with Crippen molar-refractivity contribution in [2.24, 2.45) is 7.05 Å². The van der Waals surface area contributed by atoms with E-state index in [1.807, 2.05) is 17.8 Å². The van der Waals surface area contributed by atoms with E-state index in [1.54, 1.807) is 12.5 Å². The SMILES string of the molecule is Cn1ccnc1.[I-].[K+]. The molecule has 1 rings (SSSR count). The Kier molecular flexibility index (Phi) is 10.3. The second-order valence-corrected chi connectivity index (χ2v) is 1.23. The molecule has 0 aliphatic heterocycles. The zero-order valence-electron chi connectivity index (χ0n) is 5.00. The molecule has 1 aromatic rings. The van der Waals surface area contributed by atoms with Crippen molar-refractivity contribution in [1.29, 1.82) is 0 Å². The average Bonchev–Trinajstić information content (AvgIpc) is 1.86. The molecule has 0 spiro atoms. The van der Waals surface area contributed by atoms with Gasteiger partial charge in [0.25, 0.3) is 0 Å². The molecule has 0 amide bonds. The molecular formula is C4H6IKN2. The number of aromatic nitrogens is 2. The zero-order valence-corrected chi connectivity index (χ0v) is 10.3. The van der Waals surface area contributed by atoms with E-state index in [-0.39, 0.29) is 75.4 Å². The van der Waals surface area contributed by atoms with E-state index in [4.69, 9.17) is 0 Å². The molecule has 0 N–H and O–H groups in total. The number of hydrogen-bond acceptors (Lipinski definition) is 1. The van der Waals surface area contributed by atoms with Crippen LogP contribution in [0.2, 0.25) is 0 Å². The Morgan fingerprint density at radius 3 is 2.25 bits per heavy atom. The summed E-state index contributed by atoms with van der Waals surface area (Å²) in [4.78, 5) is 3.78. The predicted octanol–water partition coefficient (Wildman–Crippen LogP) is -5.57. The van der Waals surface area contributed by atoms with Crippen LogP contribution in [0.5, 0.6) is 0 Å². The number of halogens is 1. The van der Waals surface area contributed by atoms with E-state index in [0.29, 0.717) is 0 Å². The van der Waals surface area contributed by atoms with Crippen LogP contribution in [-0.2, 0) is 7.05 Å². The van der Waals surface area contributed by atoms with Gasteiger partial charge in [-0.1, -0.05) is 0 Å². The Labute approximate surface area is 109 Å². The molecule has 1 heterocycles. The van der Waals surface area contributed by atoms with Crippen molar-refractivity contribution in [2.75, 3.05) is 0 Å². The standard InChI is InChI=1S/C4H6N2.HI.K/c1-6-3-2-5-4-6;;/h2-4H,1H3;1H;/q;;+1/p-1. The number of nitrogens with zero attached hydrogens (tertiary/aromatic N) is 2. The largest absolute Gasteiger partial charge is 1.00 e. The Morgan fingerprint density at radius 2 is 2.12 bits per heavy atom. The Balaban J connectivity index is 0. The third-order valence-electron chi connectivity index (χ3n) is 0.637. The molecule has 2 nitrogen and oxygen atoms in total. The van der Waals surface area contributed by atoms with Gasteiger partial charge < -0.3 is 28.5 Å². The molecule has 0 saturated carbocycles. The summed E-state index contributed by atoms with van der Waals surface area (Å²) in [6.07, 6.45) is 5.39. The van der Waals surface area contributed by atoms with Crippen molar-refractivity contribution in [1.82, 2.24) is 9.55 Å². The topological polar surface area (TPSA) is 17.8 Å². The number of imidazole rings is 1. The summed E-state index contributed by atoms with van der Waals surface area (Å²) < 4.78 is 1.89. The van der Waals surface area contributed by atoms with Gasteiger partial charge in [-0.2, -0.15) is 0 Å². The fraction of sp³-hybridized carbons (Fsp3) is 0.250. The van der Waals surface area contributed by atoms with Crippen LogP contribution >= 0.6 is 0 Å². The zero-order chi connectivity index (χ0) is 4.41. The summed E-state index contributed by atoms with van der Waals surface area (Å²) in [5.74, 6) is 0. The Bertz CT molecular complexity index is 118. The maximum atomic E-state index is 3.78. The third kappa shape index (κ3) is 4.45. The molecule has 0 saturated heterocycles. The van der Waals surface area contributed by atoms with E-state index in [9.17, 15) is 0 Å². The fourth-order valence-corrected chi connectivity index (χ4v) is 0.326. The summed E-state index contributed by atoms with van der Waals surface area (Å²) in [6, 6.07) is 0. The van der Waals surface area contributed by atoms with Crippen molar-refractivity contribution < 1.29 is 75.4 Å². The van der Waals surface area contributed by atoms with Crippen LogP contribution in [0.4, 0.5) is 0 Å². The van der Waals surface area contributed by atoms with Gasteiger partial charge in [-0.05, 0) is 0 Å². The van der Waals surface area contributed by atoms with Gasteiger partial charge in [0.05, 0.1) is 6.33 Å². The fourth-order valence-electron chi connectivity index (χ4n) is 0.326. The summed E-state index contributed by atoms with van der Waals surface area (Å²) >= 11 is 0. The normalized spacial score (nSPS) is 6.62. The first kappa shape index (κ1) is 12.3.